The van der Waals surface area contributed by atoms with Gasteiger partial charge < -0.3 is 76.2 Å². The number of carbonyl (C=O) groups is 6. The van der Waals surface area contributed by atoms with E-state index >= 15 is 0 Å². The number of carbonyl (C=O) groups excluding carboxylic acids is 6. The lowest BCUT2D eigenvalue weighted by atomic mass is 9.98. The number of esters is 6. The van der Waals surface area contributed by atoms with Crippen molar-refractivity contribution in [2.24, 2.45) is 0 Å². The number of aliphatic hydroxyl groups excluding tert-OH is 1. The smallest absolute Gasteiger partial charge is 0.303 e. The molecular formula is C36H50O24. The Bertz CT molecular complexity index is 1630. The highest BCUT2D eigenvalue weighted by Gasteiger charge is 2.63. The lowest BCUT2D eigenvalue weighted by Crippen LogP contribution is -2.61. The Balaban J connectivity index is 1.18. The first kappa shape index (κ1) is 45.9. The molecule has 6 heterocycles. The maximum absolute atomic E-state index is 12.3. The second-order valence-corrected chi connectivity index (χ2v) is 14.8. The van der Waals surface area contributed by atoms with Crippen LogP contribution >= 0.6 is 0 Å². The van der Waals surface area contributed by atoms with Crippen molar-refractivity contribution >= 4 is 35.8 Å². The van der Waals surface area contributed by atoms with Gasteiger partial charge in [0.2, 0.25) is 0 Å². The first-order valence-electron chi connectivity index (χ1n) is 19.1. The lowest BCUT2D eigenvalue weighted by molar-refractivity contribution is -0.396. The number of aliphatic hydroxyl groups is 1. The van der Waals surface area contributed by atoms with E-state index in [-0.39, 0.29) is 0 Å². The number of rotatable bonds is 13. The van der Waals surface area contributed by atoms with Gasteiger partial charge in [0, 0.05) is 55.4 Å². The van der Waals surface area contributed by atoms with Crippen LogP contribution in [0, 0.1) is 0 Å². The molecule has 6 rings (SSSR count). The number of hydrogen-bond acceptors (Lipinski definition) is 24. The molecular weight excluding hydrogens is 816 g/mol. The molecule has 338 valence electrons. The van der Waals surface area contributed by atoms with Crippen LogP contribution in [0.3, 0.4) is 0 Å². The van der Waals surface area contributed by atoms with Crippen LogP contribution in [-0.4, -0.2) is 171 Å². The Hall–Kier alpha value is -3.66. The highest BCUT2D eigenvalue weighted by atomic mass is 17.0. The van der Waals surface area contributed by atoms with Crippen molar-refractivity contribution in [2.75, 3.05) is 19.8 Å². The SMILES string of the molecule is CC(=O)OC[C@@H]1O[C@@H]2O[C@](C)(OC[C@@H]3O[C@@H]4O[C@H](C)O[C@H]4[C@H](O[C@@]4(C)O[C@@H]5O[C@@H](COC(C)=O)[C@@H](OC(C)=O)[C@H](OC(C)=O)[C@H]5O4)[C@@H]3O)O[C@H]2[C@H](OC(C)=O)[C@H]1OC(C)=O. The summed E-state index contributed by atoms with van der Waals surface area (Å²) < 4.78 is 98.5. The van der Waals surface area contributed by atoms with E-state index < -0.39 is 166 Å². The second-order valence-electron chi connectivity index (χ2n) is 14.8. The number of fused-ring (bicyclic) bond motifs is 3. The summed E-state index contributed by atoms with van der Waals surface area (Å²) in [5, 5.41) is 11.8. The molecule has 0 unspecified atom stereocenters. The molecule has 60 heavy (non-hydrogen) atoms. The van der Waals surface area contributed by atoms with Gasteiger partial charge in [-0.25, -0.2) is 0 Å². The van der Waals surface area contributed by atoms with Crippen molar-refractivity contribution in [3.05, 3.63) is 0 Å². The minimum absolute atomic E-state index is 0.395. The van der Waals surface area contributed by atoms with Gasteiger partial charge in [-0.3, -0.25) is 38.2 Å². The van der Waals surface area contributed by atoms with Crippen LogP contribution in [0.4, 0.5) is 0 Å². The van der Waals surface area contributed by atoms with Crippen LogP contribution in [0.5, 0.6) is 0 Å². The summed E-state index contributed by atoms with van der Waals surface area (Å²) in [7, 11) is 0. The Morgan fingerprint density at radius 2 is 0.917 bits per heavy atom. The highest BCUT2D eigenvalue weighted by Crippen LogP contribution is 2.44. The van der Waals surface area contributed by atoms with Crippen LogP contribution in [0.1, 0.15) is 62.3 Å². The molecule has 0 aromatic carbocycles. The first-order valence-corrected chi connectivity index (χ1v) is 19.1. The molecule has 0 spiro atoms. The van der Waals surface area contributed by atoms with E-state index in [0.29, 0.717) is 0 Å². The van der Waals surface area contributed by atoms with E-state index in [4.69, 9.17) is 80.5 Å². The van der Waals surface area contributed by atoms with Crippen molar-refractivity contribution in [1.29, 1.82) is 0 Å². The van der Waals surface area contributed by atoms with Crippen molar-refractivity contribution in [3.8, 4) is 0 Å². The molecule has 6 saturated heterocycles. The maximum atomic E-state index is 12.3. The molecule has 0 amide bonds. The third kappa shape index (κ3) is 10.5. The normalized spacial score (nSPS) is 43.1. The molecule has 6 aliphatic rings. The zero-order valence-electron chi connectivity index (χ0n) is 34.2. The van der Waals surface area contributed by atoms with Gasteiger partial charge in [0.05, 0.1) is 6.61 Å². The summed E-state index contributed by atoms with van der Waals surface area (Å²) in [6, 6.07) is 0. The van der Waals surface area contributed by atoms with Gasteiger partial charge in [-0.05, 0) is 6.92 Å². The van der Waals surface area contributed by atoms with E-state index in [1.165, 1.54) is 27.7 Å². The molecule has 0 bridgehead atoms. The summed E-state index contributed by atoms with van der Waals surface area (Å²) >= 11 is 0. The van der Waals surface area contributed by atoms with E-state index in [2.05, 4.69) is 0 Å². The van der Waals surface area contributed by atoms with Crippen LogP contribution in [0.15, 0.2) is 0 Å². The molecule has 24 heteroatoms. The van der Waals surface area contributed by atoms with E-state index in [1.807, 2.05) is 0 Å². The predicted molar refractivity (Wildman–Crippen MR) is 182 cm³/mol. The molecule has 0 saturated carbocycles. The molecule has 1 N–H and O–H groups in total. The number of hydrogen-bond donors (Lipinski definition) is 1. The van der Waals surface area contributed by atoms with Gasteiger partial charge in [0.15, 0.2) is 61.8 Å². The molecule has 6 fully saturated rings. The maximum Gasteiger partial charge on any atom is 0.303 e. The molecule has 0 aliphatic carbocycles. The average Bonchev–Trinajstić information content (AvgIpc) is 3.79. The monoisotopic (exact) mass is 866 g/mol. The fourth-order valence-corrected chi connectivity index (χ4v) is 7.62. The molecule has 24 nitrogen and oxygen atoms in total. The molecule has 6 aliphatic heterocycles. The van der Waals surface area contributed by atoms with Crippen molar-refractivity contribution in [1.82, 2.24) is 0 Å². The summed E-state index contributed by atoms with van der Waals surface area (Å²) in [5.41, 5.74) is 0. The summed E-state index contributed by atoms with van der Waals surface area (Å²) in [6.07, 6.45) is -19.9. The Kier molecular flexibility index (Phi) is 14.0. The van der Waals surface area contributed by atoms with E-state index in [1.54, 1.807) is 6.92 Å². The average molecular weight is 867 g/mol. The zero-order valence-corrected chi connectivity index (χ0v) is 34.2. The van der Waals surface area contributed by atoms with Gasteiger partial charge >= 0.3 is 35.8 Å². The summed E-state index contributed by atoms with van der Waals surface area (Å²) in [4.78, 5) is 71.9. The minimum atomic E-state index is -2.07. The standard InChI is InChI=1S/C36H50O24/c1-13(37)44-10-21-24(47-15(3)39)27(49-17(5)41)30-33(54-21)59-35(8,57-30)46-12-20-23(43)26(29-32(53-20)52-19(7)51-29)56-36(9)58-31-28(50-18(6)42)25(48-16(4)40)22(11-45-14(2)38)55-34(31)60-36/h19-34,43H,10-12H2,1-9H3/t19-,20+,21+,22+,23-,24+,25-,26-,27-,28+,29+,30+,31-,32+,33-,34+,35-,36-/m1/s1. The summed E-state index contributed by atoms with van der Waals surface area (Å²) in [6.45, 7) is 9.89. The van der Waals surface area contributed by atoms with Gasteiger partial charge in [-0.1, -0.05) is 0 Å². The third-order valence-corrected chi connectivity index (χ3v) is 9.81. The Labute approximate surface area is 342 Å². The Morgan fingerprint density at radius 3 is 1.38 bits per heavy atom. The molecule has 0 radical (unpaired) electrons. The summed E-state index contributed by atoms with van der Waals surface area (Å²) in [5.74, 6) is -8.36. The van der Waals surface area contributed by atoms with E-state index in [0.717, 1.165) is 27.7 Å². The second kappa shape index (κ2) is 18.4. The van der Waals surface area contributed by atoms with Crippen LogP contribution < -0.4 is 0 Å². The van der Waals surface area contributed by atoms with Crippen molar-refractivity contribution in [2.45, 2.75) is 173 Å². The largest absolute Gasteiger partial charge is 0.463 e. The Morgan fingerprint density at radius 1 is 0.483 bits per heavy atom. The third-order valence-electron chi connectivity index (χ3n) is 9.81. The van der Waals surface area contributed by atoms with Gasteiger partial charge in [-0.2, -0.15) is 0 Å². The first-order chi connectivity index (χ1) is 28.1. The highest BCUT2D eigenvalue weighted by molar-refractivity contribution is 5.68. The van der Waals surface area contributed by atoms with Crippen LogP contribution in [0.25, 0.3) is 0 Å². The van der Waals surface area contributed by atoms with Crippen molar-refractivity contribution < 1.29 is 114 Å². The number of ether oxygens (including phenoxy) is 17. The fraction of sp³-hybridized carbons (Fsp3) is 0.833. The van der Waals surface area contributed by atoms with Crippen LogP contribution in [-0.2, 0) is 109 Å². The quantitative estimate of drug-likeness (QED) is 0.167. The molecule has 18 atom stereocenters. The van der Waals surface area contributed by atoms with Gasteiger partial charge in [0.25, 0.3) is 11.9 Å². The zero-order chi connectivity index (χ0) is 43.8. The van der Waals surface area contributed by atoms with Crippen LogP contribution in [0.2, 0.25) is 0 Å². The fourth-order valence-electron chi connectivity index (χ4n) is 7.62. The van der Waals surface area contributed by atoms with Gasteiger partial charge in [-0.15, -0.1) is 0 Å². The van der Waals surface area contributed by atoms with E-state index in [9.17, 15) is 33.9 Å². The molecule has 0 aromatic heterocycles. The van der Waals surface area contributed by atoms with Gasteiger partial charge in [0.1, 0.15) is 49.8 Å². The minimum Gasteiger partial charge on any atom is -0.463 e. The van der Waals surface area contributed by atoms with Crippen molar-refractivity contribution in [3.63, 3.8) is 0 Å². The predicted octanol–water partition coefficient (Wildman–Crippen LogP) is -1.28. The molecule has 0 aromatic rings. The topological polar surface area (TPSA) is 280 Å². The lowest BCUT2D eigenvalue weighted by Gasteiger charge is -2.42.